The van der Waals surface area contributed by atoms with Gasteiger partial charge < -0.3 is 9.84 Å². The second-order valence-electron chi connectivity index (χ2n) is 4.37. The van der Waals surface area contributed by atoms with Gasteiger partial charge in [-0.25, -0.2) is 13.1 Å². The zero-order valence-electron chi connectivity index (χ0n) is 11.7. The average Bonchev–Trinajstić information content (AvgIpc) is 2.39. The molecule has 0 radical (unpaired) electrons. The highest BCUT2D eigenvalue weighted by molar-refractivity contribution is 7.98. The molecule has 0 aliphatic heterocycles. The molecule has 0 fully saturated rings. The van der Waals surface area contributed by atoms with Crippen molar-refractivity contribution >= 4 is 21.8 Å². The Morgan fingerprint density at radius 1 is 1.35 bits per heavy atom. The third-order valence-electron chi connectivity index (χ3n) is 2.48. The molecular weight excluding hydrogens is 298 g/mol. The minimum Gasteiger partial charge on any atom is -0.494 e. The van der Waals surface area contributed by atoms with Crippen LogP contribution in [-0.2, 0) is 10.0 Å². The lowest BCUT2D eigenvalue weighted by atomic mass is 10.3. The highest BCUT2D eigenvalue weighted by atomic mass is 32.2. The first kappa shape index (κ1) is 17.3. The van der Waals surface area contributed by atoms with Gasteiger partial charge in [-0.15, -0.1) is 0 Å². The monoisotopic (exact) mass is 319 g/mol. The Hall–Kier alpha value is -0.760. The van der Waals surface area contributed by atoms with Crippen molar-refractivity contribution in [3.05, 3.63) is 24.3 Å². The normalized spacial score (nSPS) is 13.2. The van der Waals surface area contributed by atoms with Crippen molar-refractivity contribution in [1.82, 2.24) is 4.72 Å². The molecular formula is C13H21NO4S2. The average molecular weight is 319 g/mol. The molecule has 114 valence electrons. The number of benzene rings is 1. The van der Waals surface area contributed by atoms with Crippen LogP contribution in [0.25, 0.3) is 0 Å². The molecule has 1 atom stereocenters. The second-order valence-corrected chi connectivity index (χ2v) is 7.00. The number of hydrogen-bond acceptors (Lipinski definition) is 5. The first-order chi connectivity index (χ1) is 9.49. The number of aliphatic hydroxyl groups excluding tert-OH is 1. The summed E-state index contributed by atoms with van der Waals surface area (Å²) in [7, 11) is -3.48. The molecule has 0 aliphatic rings. The summed E-state index contributed by atoms with van der Waals surface area (Å²) in [5.41, 5.74) is 0. The summed E-state index contributed by atoms with van der Waals surface area (Å²) in [5.74, 6) is 1.32. The molecule has 20 heavy (non-hydrogen) atoms. The third-order valence-corrected chi connectivity index (χ3v) is 4.92. The van der Waals surface area contributed by atoms with Gasteiger partial charge in [0.25, 0.3) is 0 Å². The maximum absolute atomic E-state index is 12.1. The van der Waals surface area contributed by atoms with Crippen LogP contribution in [0, 0.1) is 0 Å². The van der Waals surface area contributed by atoms with Crippen LogP contribution < -0.4 is 9.46 Å². The predicted octanol–water partition coefficient (Wildman–Crippen LogP) is 1.48. The van der Waals surface area contributed by atoms with Crippen LogP contribution in [0.2, 0.25) is 0 Å². The van der Waals surface area contributed by atoms with Gasteiger partial charge in [0.15, 0.2) is 0 Å². The van der Waals surface area contributed by atoms with Crippen LogP contribution in [0.15, 0.2) is 29.2 Å². The summed E-state index contributed by atoms with van der Waals surface area (Å²) in [6, 6.07) is 6.15. The fourth-order valence-corrected chi connectivity index (χ4v) is 3.52. The summed E-state index contributed by atoms with van der Waals surface area (Å²) in [6.45, 7) is 2.32. The van der Waals surface area contributed by atoms with Crippen LogP contribution in [0.4, 0.5) is 0 Å². The topological polar surface area (TPSA) is 75.6 Å². The van der Waals surface area contributed by atoms with E-state index in [0.29, 0.717) is 18.8 Å². The van der Waals surface area contributed by atoms with E-state index in [2.05, 4.69) is 4.72 Å². The van der Waals surface area contributed by atoms with E-state index in [1.54, 1.807) is 23.9 Å². The maximum Gasteiger partial charge on any atom is 0.240 e. The van der Waals surface area contributed by atoms with Crippen molar-refractivity contribution in [2.45, 2.75) is 24.3 Å². The summed E-state index contributed by atoms with van der Waals surface area (Å²) >= 11 is 1.59. The van der Waals surface area contributed by atoms with Gasteiger partial charge in [-0.05, 0) is 37.4 Å². The number of rotatable bonds is 9. The van der Waals surface area contributed by atoms with Crippen molar-refractivity contribution in [3.8, 4) is 5.75 Å². The van der Waals surface area contributed by atoms with Gasteiger partial charge in [-0.3, -0.25) is 0 Å². The Balaban J connectivity index is 2.66. The van der Waals surface area contributed by atoms with Gasteiger partial charge in [0.05, 0.1) is 11.5 Å². The molecule has 0 spiro atoms. The summed E-state index contributed by atoms with van der Waals surface area (Å²) in [6.07, 6.45) is 2.48. The highest BCUT2D eigenvalue weighted by Crippen LogP contribution is 2.16. The number of ether oxygens (including phenoxy) is 1. The van der Waals surface area contributed by atoms with Gasteiger partial charge in [-0.2, -0.15) is 11.8 Å². The van der Waals surface area contributed by atoms with Gasteiger partial charge in [-0.1, -0.05) is 0 Å². The maximum atomic E-state index is 12.1. The van der Waals surface area contributed by atoms with Crippen molar-refractivity contribution in [2.24, 2.45) is 0 Å². The number of thioether (sulfide) groups is 1. The molecule has 0 heterocycles. The lowest BCUT2D eigenvalue weighted by Crippen LogP contribution is -2.34. The van der Waals surface area contributed by atoms with E-state index in [9.17, 15) is 8.42 Å². The smallest absolute Gasteiger partial charge is 0.240 e. The lowest BCUT2D eigenvalue weighted by Gasteiger charge is -2.13. The minimum absolute atomic E-state index is 0.0731. The third kappa shape index (κ3) is 5.70. The van der Waals surface area contributed by atoms with E-state index in [1.165, 1.54) is 12.1 Å². The Kier molecular flexibility index (Phi) is 7.36. The summed E-state index contributed by atoms with van der Waals surface area (Å²) in [4.78, 5) is 0.222. The van der Waals surface area contributed by atoms with E-state index < -0.39 is 10.0 Å². The molecule has 1 rings (SSSR count). The Labute approximate surface area is 124 Å². The molecule has 5 nitrogen and oxygen atoms in total. The van der Waals surface area contributed by atoms with E-state index in [0.717, 1.165) is 5.75 Å². The zero-order chi connectivity index (χ0) is 15.0. The predicted molar refractivity (Wildman–Crippen MR) is 81.8 cm³/mol. The van der Waals surface area contributed by atoms with E-state index in [4.69, 9.17) is 9.84 Å². The van der Waals surface area contributed by atoms with Gasteiger partial charge in [0, 0.05) is 24.8 Å². The SMILES string of the molecule is CSCC(C)NS(=O)(=O)c1ccc(OCCCO)cc1. The van der Waals surface area contributed by atoms with Crippen LogP contribution in [-0.4, -0.2) is 44.8 Å². The van der Waals surface area contributed by atoms with Crippen LogP contribution >= 0.6 is 11.8 Å². The molecule has 0 amide bonds. The molecule has 7 heteroatoms. The first-order valence-electron chi connectivity index (χ1n) is 6.34. The molecule has 1 aromatic rings. The highest BCUT2D eigenvalue weighted by Gasteiger charge is 2.16. The molecule has 0 saturated heterocycles. The van der Waals surface area contributed by atoms with Gasteiger partial charge in [0.2, 0.25) is 10.0 Å². The Morgan fingerprint density at radius 2 is 2.00 bits per heavy atom. The molecule has 0 saturated carbocycles. The Morgan fingerprint density at radius 3 is 2.55 bits per heavy atom. The first-order valence-corrected chi connectivity index (χ1v) is 9.22. The molecule has 0 aromatic heterocycles. The van der Waals surface area contributed by atoms with Crippen molar-refractivity contribution < 1.29 is 18.3 Å². The van der Waals surface area contributed by atoms with Crippen molar-refractivity contribution in [3.63, 3.8) is 0 Å². The fraction of sp³-hybridized carbons (Fsp3) is 0.538. The number of aliphatic hydroxyl groups is 1. The second kappa shape index (κ2) is 8.51. The van der Waals surface area contributed by atoms with Gasteiger partial charge in [0.1, 0.15) is 5.75 Å². The fourth-order valence-electron chi connectivity index (χ4n) is 1.59. The van der Waals surface area contributed by atoms with Gasteiger partial charge >= 0.3 is 0 Å². The molecule has 0 bridgehead atoms. The lowest BCUT2D eigenvalue weighted by molar-refractivity contribution is 0.233. The van der Waals surface area contributed by atoms with Crippen LogP contribution in [0.1, 0.15) is 13.3 Å². The quantitative estimate of drug-likeness (QED) is 0.674. The van der Waals surface area contributed by atoms with E-state index in [1.807, 2.05) is 13.2 Å². The van der Waals surface area contributed by atoms with E-state index in [-0.39, 0.29) is 17.5 Å². The molecule has 0 aliphatic carbocycles. The molecule has 1 aromatic carbocycles. The number of sulfonamides is 1. The van der Waals surface area contributed by atoms with Crippen LogP contribution in [0.5, 0.6) is 5.75 Å². The van der Waals surface area contributed by atoms with Crippen LogP contribution in [0.3, 0.4) is 0 Å². The summed E-state index contributed by atoms with van der Waals surface area (Å²) in [5, 5.41) is 8.65. The zero-order valence-corrected chi connectivity index (χ0v) is 13.3. The molecule has 2 N–H and O–H groups in total. The van der Waals surface area contributed by atoms with E-state index >= 15 is 0 Å². The van der Waals surface area contributed by atoms with Crippen molar-refractivity contribution in [1.29, 1.82) is 0 Å². The largest absolute Gasteiger partial charge is 0.494 e. The molecule has 1 unspecified atom stereocenters. The Bertz CT molecular complexity index is 488. The standard InChI is InChI=1S/C13H21NO4S2/c1-11(10-19-2)14-20(16,17)13-6-4-12(5-7-13)18-9-3-8-15/h4-7,11,14-15H,3,8-10H2,1-2H3. The minimum atomic E-state index is -3.48. The number of hydrogen-bond donors (Lipinski definition) is 2. The summed E-state index contributed by atoms with van der Waals surface area (Å²) < 4.78 is 32.2. The number of nitrogens with one attached hydrogen (secondary N) is 1. The van der Waals surface area contributed by atoms with Crippen molar-refractivity contribution in [2.75, 3.05) is 25.2 Å².